The van der Waals surface area contributed by atoms with E-state index in [2.05, 4.69) is 5.32 Å². The number of imide groups is 1. The average molecular weight is 553 g/mol. The van der Waals surface area contributed by atoms with Crippen molar-refractivity contribution in [3.63, 3.8) is 0 Å². The number of esters is 1. The number of Topliss-reactive ketones (excluding diaryl/α,β-unsaturated/α-hetero) is 1. The van der Waals surface area contributed by atoms with Crippen LogP contribution in [-0.4, -0.2) is 36.2 Å². The summed E-state index contributed by atoms with van der Waals surface area (Å²) >= 11 is 6.18. The molecule has 0 aromatic heterocycles. The van der Waals surface area contributed by atoms with E-state index in [0.29, 0.717) is 22.8 Å². The molecule has 1 heterocycles. The molecular formula is C32H25ClN2O5. The zero-order chi connectivity index (χ0) is 28.1. The number of nitrogens with zero attached hydrogens (tertiary/aromatic N) is 1. The normalized spacial score (nSPS) is 14.8. The molecule has 4 aromatic carbocycles. The fourth-order valence-electron chi connectivity index (χ4n) is 4.46. The van der Waals surface area contributed by atoms with Gasteiger partial charge in [0.2, 0.25) is 5.91 Å². The molecule has 1 saturated heterocycles. The van der Waals surface area contributed by atoms with Crippen LogP contribution >= 0.6 is 11.6 Å². The van der Waals surface area contributed by atoms with Crippen LogP contribution in [0.2, 0.25) is 5.02 Å². The van der Waals surface area contributed by atoms with Gasteiger partial charge in [-0.3, -0.25) is 14.4 Å². The van der Waals surface area contributed by atoms with E-state index in [0.717, 1.165) is 21.6 Å². The number of hydrogen-bond acceptors (Lipinski definition) is 6. The van der Waals surface area contributed by atoms with Gasteiger partial charge in [0.05, 0.1) is 23.7 Å². The van der Waals surface area contributed by atoms with Crippen LogP contribution in [-0.2, 0) is 20.9 Å². The average Bonchev–Trinajstić information content (AvgIpc) is 3.28. The lowest BCUT2D eigenvalue weighted by Gasteiger charge is -2.16. The third kappa shape index (κ3) is 6.01. The number of benzene rings is 4. The van der Waals surface area contributed by atoms with E-state index in [1.807, 2.05) is 60.7 Å². The molecule has 40 heavy (non-hydrogen) atoms. The predicted octanol–water partition coefficient (Wildman–Crippen LogP) is 5.47. The minimum Gasteiger partial charge on any atom is -0.454 e. The van der Waals surface area contributed by atoms with Crippen molar-refractivity contribution in [3.05, 3.63) is 125 Å². The fraction of sp³-hybridized carbons (Fsp3) is 0.125. The topological polar surface area (TPSA) is 92.8 Å². The number of amides is 2. The molecule has 5 rings (SSSR count). The second-order valence-electron chi connectivity index (χ2n) is 9.29. The molecule has 8 heteroatoms. The zero-order valence-electron chi connectivity index (χ0n) is 21.4. The molecule has 200 valence electrons. The monoisotopic (exact) mass is 552 g/mol. The van der Waals surface area contributed by atoms with Crippen LogP contribution < -0.4 is 10.2 Å². The molecule has 0 radical (unpaired) electrons. The van der Waals surface area contributed by atoms with Gasteiger partial charge in [-0.2, -0.15) is 0 Å². The highest BCUT2D eigenvalue weighted by molar-refractivity contribution is 6.31. The second-order valence-corrected chi connectivity index (χ2v) is 9.69. The molecule has 1 atom stereocenters. The quantitative estimate of drug-likeness (QED) is 0.168. The number of halogens is 1. The lowest BCUT2D eigenvalue weighted by atomic mass is 10.0. The number of carbonyl (C=O) groups is 4. The number of anilines is 1. The van der Waals surface area contributed by atoms with Gasteiger partial charge in [-0.25, -0.2) is 9.69 Å². The third-order valence-corrected chi connectivity index (χ3v) is 7.02. The highest BCUT2D eigenvalue weighted by Crippen LogP contribution is 2.25. The Kier molecular flexibility index (Phi) is 8.15. The summed E-state index contributed by atoms with van der Waals surface area (Å²) in [4.78, 5) is 51.7. The molecule has 7 nitrogen and oxygen atoms in total. The molecule has 1 aliphatic rings. The zero-order valence-corrected chi connectivity index (χ0v) is 22.1. The number of rotatable bonds is 9. The van der Waals surface area contributed by atoms with Crippen LogP contribution in [0.25, 0.3) is 11.1 Å². The van der Waals surface area contributed by atoms with Gasteiger partial charge >= 0.3 is 5.97 Å². The minimum atomic E-state index is -0.681. The van der Waals surface area contributed by atoms with E-state index >= 15 is 0 Å². The summed E-state index contributed by atoms with van der Waals surface area (Å²) in [6.07, 6.45) is 0.0154. The smallest absolute Gasteiger partial charge is 0.338 e. The molecule has 4 aromatic rings. The SMILES string of the molecule is O=C(COC(=O)c1ccc(N2C(=O)CC(NCc3ccccc3Cl)C2=O)cc1)c1ccc(-c2ccccc2)cc1. The molecule has 0 aliphatic carbocycles. The van der Waals surface area contributed by atoms with Crippen molar-refractivity contribution in [2.45, 2.75) is 19.0 Å². The summed E-state index contributed by atoms with van der Waals surface area (Å²) in [5.41, 5.74) is 3.83. The first-order valence-electron chi connectivity index (χ1n) is 12.7. The summed E-state index contributed by atoms with van der Waals surface area (Å²) < 4.78 is 5.21. The first-order chi connectivity index (χ1) is 19.4. The number of hydrogen-bond donors (Lipinski definition) is 1. The van der Waals surface area contributed by atoms with Crippen LogP contribution in [0.5, 0.6) is 0 Å². The van der Waals surface area contributed by atoms with E-state index in [-0.39, 0.29) is 29.6 Å². The Labute approximate surface area is 236 Å². The highest BCUT2D eigenvalue weighted by atomic mass is 35.5. The maximum atomic E-state index is 12.9. The van der Waals surface area contributed by atoms with Crippen molar-refractivity contribution >= 4 is 40.9 Å². The first kappa shape index (κ1) is 27.0. The maximum absolute atomic E-state index is 12.9. The van der Waals surface area contributed by atoms with Gasteiger partial charge in [-0.1, -0.05) is 84.4 Å². The lowest BCUT2D eigenvalue weighted by molar-refractivity contribution is -0.121. The predicted molar refractivity (Wildman–Crippen MR) is 152 cm³/mol. The summed E-state index contributed by atoms with van der Waals surface area (Å²) in [6, 6.07) is 29.4. The van der Waals surface area contributed by atoms with Crippen molar-refractivity contribution < 1.29 is 23.9 Å². The van der Waals surface area contributed by atoms with Crippen molar-refractivity contribution in [1.29, 1.82) is 0 Å². The van der Waals surface area contributed by atoms with Crippen LogP contribution in [0, 0.1) is 0 Å². The van der Waals surface area contributed by atoms with Crippen molar-refractivity contribution in [2.24, 2.45) is 0 Å². The number of carbonyl (C=O) groups excluding carboxylic acids is 4. The lowest BCUT2D eigenvalue weighted by Crippen LogP contribution is -2.38. The van der Waals surface area contributed by atoms with E-state index < -0.39 is 18.6 Å². The Hall–Kier alpha value is -4.59. The molecule has 1 fully saturated rings. The van der Waals surface area contributed by atoms with Crippen molar-refractivity contribution in [1.82, 2.24) is 5.32 Å². The standard InChI is InChI=1S/C32H25ClN2O5/c33-27-9-5-4-8-25(27)19-34-28-18-30(37)35(31(28)38)26-16-14-24(15-17-26)32(39)40-20-29(36)23-12-10-22(11-13-23)21-6-2-1-3-7-21/h1-17,28,34H,18-20H2. The van der Waals surface area contributed by atoms with Crippen LogP contribution in [0.4, 0.5) is 5.69 Å². The Balaban J connectivity index is 1.15. The Morgan fingerprint density at radius 3 is 2.12 bits per heavy atom. The molecule has 1 aliphatic heterocycles. The largest absolute Gasteiger partial charge is 0.454 e. The first-order valence-corrected chi connectivity index (χ1v) is 13.1. The van der Waals surface area contributed by atoms with Crippen molar-refractivity contribution in [2.75, 3.05) is 11.5 Å². The van der Waals surface area contributed by atoms with Gasteiger partial charge in [0.15, 0.2) is 12.4 Å². The van der Waals surface area contributed by atoms with Crippen molar-refractivity contribution in [3.8, 4) is 11.1 Å². The summed E-state index contributed by atoms with van der Waals surface area (Å²) in [6.45, 7) is -0.0645. The summed E-state index contributed by atoms with van der Waals surface area (Å²) in [5, 5.41) is 3.68. The van der Waals surface area contributed by atoms with Gasteiger partial charge in [0.1, 0.15) is 0 Å². The molecule has 2 amide bonds. The molecule has 0 saturated carbocycles. The summed E-state index contributed by atoms with van der Waals surface area (Å²) in [5.74, 6) is -1.73. The highest BCUT2D eigenvalue weighted by Gasteiger charge is 2.39. The fourth-order valence-corrected chi connectivity index (χ4v) is 4.66. The van der Waals surface area contributed by atoms with E-state index in [1.165, 1.54) is 24.3 Å². The van der Waals surface area contributed by atoms with Gasteiger partial charge in [-0.05, 0) is 47.0 Å². The molecular weight excluding hydrogens is 528 g/mol. The van der Waals surface area contributed by atoms with E-state index in [1.54, 1.807) is 18.2 Å². The van der Waals surface area contributed by atoms with Gasteiger partial charge in [0, 0.05) is 17.1 Å². The number of ketones is 1. The maximum Gasteiger partial charge on any atom is 0.338 e. The molecule has 1 unspecified atom stereocenters. The second kappa shape index (κ2) is 12.1. The van der Waals surface area contributed by atoms with Gasteiger partial charge in [0.25, 0.3) is 5.91 Å². The van der Waals surface area contributed by atoms with Crippen LogP contribution in [0.1, 0.15) is 32.7 Å². The Morgan fingerprint density at radius 1 is 0.800 bits per heavy atom. The minimum absolute atomic E-state index is 0.0154. The summed E-state index contributed by atoms with van der Waals surface area (Å²) in [7, 11) is 0. The Bertz CT molecular complexity index is 1550. The molecule has 1 N–H and O–H groups in total. The third-order valence-electron chi connectivity index (χ3n) is 6.65. The Morgan fingerprint density at radius 2 is 1.43 bits per heavy atom. The van der Waals surface area contributed by atoms with E-state index in [4.69, 9.17) is 16.3 Å². The van der Waals surface area contributed by atoms with Crippen LogP contribution in [0.3, 0.4) is 0 Å². The van der Waals surface area contributed by atoms with Gasteiger partial charge < -0.3 is 10.1 Å². The van der Waals surface area contributed by atoms with Gasteiger partial charge in [-0.15, -0.1) is 0 Å². The molecule has 0 bridgehead atoms. The van der Waals surface area contributed by atoms with Crippen LogP contribution in [0.15, 0.2) is 103 Å². The number of ether oxygens (including phenoxy) is 1. The van der Waals surface area contributed by atoms with E-state index in [9.17, 15) is 19.2 Å². The molecule has 0 spiro atoms. The number of nitrogens with one attached hydrogen (secondary N) is 1.